The van der Waals surface area contributed by atoms with E-state index in [1.807, 2.05) is 38.1 Å². The van der Waals surface area contributed by atoms with E-state index >= 15 is 0 Å². The molecular weight excluding hydrogens is 384 g/mol. The van der Waals surface area contributed by atoms with Crippen LogP contribution in [-0.4, -0.2) is 42.3 Å². The van der Waals surface area contributed by atoms with Gasteiger partial charge in [-0.3, -0.25) is 0 Å². The van der Waals surface area contributed by atoms with Gasteiger partial charge in [0.25, 0.3) is 5.89 Å². The first kappa shape index (κ1) is 21.2. The minimum atomic E-state index is -0.236. The molecule has 0 saturated carbocycles. The van der Waals surface area contributed by atoms with Crippen LogP contribution in [0.15, 0.2) is 47.0 Å². The summed E-state index contributed by atoms with van der Waals surface area (Å²) in [5, 5.41) is 6.85. The molecule has 8 nitrogen and oxygen atoms in total. The lowest BCUT2D eigenvalue weighted by molar-refractivity contribution is 0.220. The van der Waals surface area contributed by atoms with Crippen molar-refractivity contribution in [3.63, 3.8) is 0 Å². The Labute approximate surface area is 175 Å². The Balaban J connectivity index is 1.64. The quantitative estimate of drug-likeness (QED) is 0.615. The van der Waals surface area contributed by atoms with E-state index in [0.717, 1.165) is 11.1 Å². The van der Waals surface area contributed by atoms with Gasteiger partial charge in [0, 0.05) is 35.8 Å². The van der Waals surface area contributed by atoms with Crippen molar-refractivity contribution in [1.29, 1.82) is 0 Å². The highest BCUT2D eigenvalue weighted by Gasteiger charge is 2.14. The highest BCUT2D eigenvalue weighted by atomic mass is 16.5. The molecule has 0 aliphatic heterocycles. The van der Waals surface area contributed by atoms with E-state index in [4.69, 9.17) is 14.0 Å². The van der Waals surface area contributed by atoms with Crippen molar-refractivity contribution in [2.24, 2.45) is 0 Å². The summed E-state index contributed by atoms with van der Waals surface area (Å²) in [6, 6.07) is 12.5. The summed E-state index contributed by atoms with van der Waals surface area (Å²) in [5.74, 6) is 2.68. The molecule has 1 aromatic heterocycles. The van der Waals surface area contributed by atoms with Gasteiger partial charge < -0.3 is 24.2 Å². The number of hydrogen-bond acceptors (Lipinski definition) is 6. The predicted octanol–water partition coefficient (Wildman–Crippen LogP) is 4.54. The van der Waals surface area contributed by atoms with E-state index < -0.39 is 0 Å². The van der Waals surface area contributed by atoms with E-state index in [1.165, 1.54) is 0 Å². The fraction of sp³-hybridized carbons (Fsp3) is 0.318. The third-order valence-corrected chi connectivity index (χ3v) is 4.59. The zero-order valence-corrected chi connectivity index (χ0v) is 17.8. The van der Waals surface area contributed by atoms with Crippen LogP contribution in [0.4, 0.5) is 10.5 Å². The Morgan fingerprint density at radius 2 is 1.87 bits per heavy atom. The molecule has 0 bridgehead atoms. The molecule has 8 heteroatoms. The van der Waals surface area contributed by atoms with Crippen molar-refractivity contribution >= 4 is 11.7 Å². The van der Waals surface area contributed by atoms with E-state index in [1.54, 1.807) is 44.4 Å². The lowest BCUT2D eigenvalue weighted by Gasteiger charge is -2.20. The number of anilines is 1. The van der Waals surface area contributed by atoms with Gasteiger partial charge in [0.2, 0.25) is 0 Å². The topological polar surface area (TPSA) is 89.7 Å². The molecule has 2 aromatic carbocycles. The largest absolute Gasteiger partial charge is 0.497 e. The lowest BCUT2D eigenvalue weighted by atomic mass is 10.2. The maximum absolute atomic E-state index is 12.6. The highest BCUT2D eigenvalue weighted by Crippen LogP contribution is 2.26. The fourth-order valence-electron chi connectivity index (χ4n) is 2.81. The number of nitrogens with zero attached hydrogens (tertiary/aromatic N) is 3. The molecule has 0 spiro atoms. The smallest absolute Gasteiger partial charge is 0.321 e. The monoisotopic (exact) mass is 410 g/mol. The number of benzene rings is 2. The summed E-state index contributed by atoms with van der Waals surface area (Å²) < 4.78 is 15.9. The van der Waals surface area contributed by atoms with Gasteiger partial charge in [-0.25, -0.2) is 4.79 Å². The number of carbonyl (C=O) groups is 1. The molecule has 2 amide bonds. The summed E-state index contributed by atoms with van der Waals surface area (Å²) >= 11 is 0. The minimum Gasteiger partial charge on any atom is -0.497 e. The van der Waals surface area contributed by atoms with E-state index in [9.17, 15) is 4.79 Å². The third-order valence-electron chi connectivity index (χ3n) is 4.59. The second-order valence-corrected chi connectivity index (χ2v) is 7.15. The van der Waals surface area contributed by atoms with E-state index in [0.29, 0.717) is 35.4 Å². The van der Waals surface area contributed by atoms with Gasteiger partial charge in [0.1, 0.15) is 11.5 Å². The van der Waals surface area contributed by atoms with Crippen LogP contribution in [-0.2, 0) is 6.54 Å². The number of hydrogen-bond donors (Lipinski definition) is 1. The van der Waals surface area contributed by atoms with Gasteiger partial charge in [-0.15, -0.1) is 0 Å². The number of ether oxygens (including phenoxy) is 2. The van der Waals surface area contributed by atoms with E-state index in [2.05, 4.69) is 15.5 Å². The summed E-state index contributed by atoms with van der Waals surface area (Å²) in [7, 11) is 4.91. The SMILES string of the molecule is COc1ccc(CN(C)C(=O)Nc2ccc(-c3nc(C(C)C)no3)cc2)c(OC)c1. The molecule has 0 aliphatic carbocycles. The van der Waals surface area contributed by atoms with E-state index in [-0.39, 0.29) is 11.9 Å². The van der Waals surface area contributed by atoms with Gasteiger partial charge in [-0.05, 0) is 36.4 Å². The molecule has 1 heterocycles. The minimum absolute atomic E-state index is 0.195. The predicted molar refractivity (Wildman–Crippen MR) is 114 cm³/mol. The number of nitrogens with one attached hydrogen (secondary N) is 1. The molecule has 3 aromatic rings. The number of methoxy groups -OCH3 is 2. The number of aromatic nitrogens is 2. The summed E-state index contributed by atoms with van der Waals surface area (Å²) in [6.07, 6.45) is 0. The van der Waals surface area contributed by atoms with Gasteiger partial charge in [-0.1, -0.05) is 19.0 Å². The van der Waals surface area contributed by atoms with Crippen LogP contribution < -0.4 is 14.8 Å². The highest BCUT2D eigenvalue weighted by molar-refractivity contribution is 5.89. The Kier molecular flexibility index (Phi) is 6.56. The van der Waals surface area contributed by atoms with Crippen molar-refractivity contribution in [2.45, 2.75) is 26.3 Å². The van der Waals surface area contributed by atoms with Crippen molar-refractivity contribution in [3.05, 3.63) is 53.9 Å². The van der Waals surface area contributed by atoms with Crippen LogP contribution in [0.3, 0.4) is 0 Å². The van der Waals surface area contributed by atoms with Crippen molar-refractivity contribution in [3.8, 4) is 23.0 Å². The number of rotatable bonds is 7. The number of carbonyl (C=O) groups excluding carboxylic acids is 1. The third kappa shape index (κ3) is 4.89. The zero-order valence-electron chi connectivity index (χ0n) is 17.8. The molecular formula is C22H26N4O4. The first-order valence-corrected chi connectivity index (χ1v) is 9.58. The standard InChI is InChI=1S/C22H26N4O4/c1-14(2)20-24-21(30-25-20)15-6-9-17(10-7-15)23-22(27)26(3)13-16-8-11-18(28-4)12-19(16)29-5/h6-12,14H,13H2,1-5H3,(H,23,27). The van der Waals surface area contributed by atoms with Gasteiger partial charge in [0.05, 0.1) is 20.8 Å². The van der Waals surface area contributed by atoms with Crippen molar-refractivity contribution in [1.82, 2.24) is 15.0 Å². The second-order valence-electron chi connectivity index (χ2n) is 7.15. The van der Waals surface area contributed by atoms with Crippen molar-refractivity contribution < 1.29 is 18.8 Å². The Morgan fingerprint density at radius 3 is 2.47 bits per heavy atom. The number of urea groups is 1. The molecule has 0 aliphatic rings. The average Bonchev–Trinajstić information content (AvgIpc) is 3.25. The average molecular weight is 410 g/mol. The Bertz CT molecular complexity index is 999. The lowest BCUT2D eigenvalue weighted by Crippen LogP contribution is -2.30. The molecule has 0 unspecified atom stereocenters. The summed E-state index contributed by atoms with van der Waals surface area (Å²) in [6.45, 7) is 4.40. The molecule has 30 heavy (non-hydrogen) atoms. The Hall–Kier alpha value is -3.55. The fourth-order valence-corrected chi connectivity index (χ4v) is 2.81. The van der Waals surface area contributed by atoms with Gasteiger partial charge >= 0.3 is 6.03 Å². The maximum atomic E-state index is 12.6. The molecule has 0 saturated heterocycles. The first-order valence-electron chi connectivity index (χ1n) is 9.58. The normalized spacial score (nSPS) is 10.7. The van der Waals surface area contributed by atoms with Crippen LogP contribution in [0.5, 0.6) is 11.5 Å². The zero-order chi connectivity index (χ0) is 21.7. The molecule has 158 valence electrons. The second kappa shape index (κ2) is 9.30. The van der Waals surface area contributed by atoms with Crippen LogP contribution in [0.25, 0.3) is 11.5 Å². The van der Waals surface area contributed by atoms with Gasteiger partial charge in [-0.2, -0.15) is 4.98 Å². The first-order chi connectivity index (χ1) is 14.4. The summed E-state index contributed by atoms with van der Waals surface area (Å²) in [5.41, 5.74) is 2.34. The Morgan fingerprint density at radius 1 is 1.13 bits per heavy atom. The van der Waals surface area contributed by atoms with Crippen molar-refractivity contribution in [2.75, 3.05) is 26.6 Å². The summed E-state index contributed by atoms with van der Waals surface area (Å²) in [4.78, 5) is 18.5. The van der Waals surface area contributed by atoms with Crippen LogP contribution >= 0.6 is 0 Å². The molecule has 0 atom stereocenters. The van der Waals surface area contributed by atoms with Crippen LogP contribution in [0, 0.1) is 0 Å². The molecule has 3 rings (SSSR count). The van der Waals surface area contributed by atoms with Crippen LogP contribution in [0.2, 0.25) is 0 Å². The van der Waals surface area contributed by atoms with Gasteiger partial charge in [0.15, 0.2) is 5.82 Å². The molecule has 0 radical (unpaired) electrons. The number of amides is 2. The maximum Gasteiger partial charge on any atom is 0.321 e. The van der Waals surface area contributed by atoms with Crippen LogP contribution in [0.1, 0.15) is 31.2 Å². The molecule has 1 N–H and O–H groups in total. The molecule has 0 fully saturated rings.